The average Bonchev–Trinajstić information content (AvgIpc) is 2.63. The molecule has 2 aromatic carbocycles. The second-order valence-electron chi connectivity index (χ2n) is 6.83. The van der Waals surface area contributed by atoms with Crippen LogP contribution in [0.3, 0.4) is 0 Å². The van der Waals surface area contributed by atoms with Gasteiger partial charge in [-0.15, -0.1) is 0 Å². The molecule has 0 spiro atoms. The third kappa shape index (κ3) is 3.69. The van der Waals surface area contributed by atoms with Gasteiger partial charge in [-0.25, -0.2) is 4.79 Å². The molecule has 0 bridgehead atoms. The molecule has 1 aliphatic rings. The first-order valence-corrected chi connectivity index (χ1v) is 8.89. The number of rotatable bonds is 4. The third-order valence-corrected chi connectivity index (χ3v) is 5.23. The molecule has 132 valence electrons. The molecule has 1 fully saturated rings. The number of amides is 1. The van der Waals surface area contributed by atoms with E-state index in [1.54, 1.807) is 0 Å². The maximum atomic E-state index is 11.8. The van der Waals surface area contributed by atoms with E-state index in [0.717, 1.165) is 24.0 Å². The fourth-order valence-corrected chi connectivity index (χ4v) is 4.02. The number of nitrogens with zero attached hydrogens (tertiary/aromatic N) is 1. The number of carbonyl (C=O) groups is 1. The van der Waals surface area contributed by atoms with E-state index >= 15 is 0 Å². The van der Waals surface area contributed by atoms with Crippen LogP contribution in [0.15, 0.2) is 60.7 Å². The van der Waals surface area contributed by atoms with Crippen molar-refractivity contribution in [1.29, 1.82) is 0 Å². The van der Waals surface area contributed by atoms with Gasteiger partial charge in [0.25, 0.3) is 0 Å². The molecule has 2 N–H and O–H groups in total. The predicted molar refractivity (Wildman–Crippen MR) is 97.7 cm³/mol. The Bertz CT molecular complexity index is 649. The molecule has 3 rings (SSSR count). The van der Waals surface area contributed by atoms with Crippen molar-refractivity contribution < 1.29 is 15.0 Å². The second-order valence-corrected chi connectivity index (χ2v) is 6.83. The molecule has 3 atom stereocenters. The molecule has 2 aromatic rings. The van der Waals surface area contributed by atoms with Gasteiger partial charge in [0.1, 0.15) is 0 Å². The fraction of sp³-hybridized carbons (Fsp3) is 0.381. The monoisotopic (exact) mass is 339 g/mol. The van der Waals surface area contributed by atoms with Crippen molar-refractivity contribution in [2.45, 2.75) is 50.3 Å². The van der Waals surface area contributed by atoms with E-state index in [2.05, 4.69) is 0 Å². The van der Waals surface area contributed by atoms with E-state index in [4.69, 9.17) is 0 Å². The molecule has 4 nitrogen and oxygen atoms in total. The fourth-order valence-electron chi connectivity index (χ4n) is 4.02. The number of likely N-dealkylation sites (tertiary alicyclic amines) is 1. The summed E-state index contributed by atoms with van der Waals surface area (Å²) in [7, 11) is 0. The lowest BCUT2D eigenvalue weighted by Gasteiger charge is -2.43. The summed E-state index contributed by atoms with van der Waals surface area (Å²) in [6.45, 7) is 1.92. The lowest BCUT2D eigenvalue weighted by molar-refractivity contribution is 0.00112. The van der Waals surface area contributed by atoms with Crippen LogP contribution in [-0.4, -0.2) is 39.4 Å². The Balaban J connectivity index is 1.99. The summed E-state index contributed by atoms with van der Waals surface area (Å²) in [5.41, 5.74) is 2.01. The zero-order chi connectivity index (χ0) is 17.8. The Morgan fingerprint density at radius 2 is 1.52 bits per heavy atom. The standard InChI is InChI=1S/C21H25NO3/c1-15-9-8-14-18(22(15)21(24)25)20(23)19(16-10-4-2-5-11-16)17-12-6-3-7-13-17/h2-7,10-13,15,18-20,23H,8-9,14H2,1H3,(H,24,25). The molecule has 1 aliphatic heterocycles. The van der Waals surface area contributed by atoms with E-state index in [9.17, 15) is 15.0 Å². The minimum atomic E-state index is -0.948. The number of hydrogen-bond donors (Lipinski definition) is 2. The van der Waals surface area contributed by atoms with Crippen molar-refractivity contribution in [3.63, 3.8) is 0 Å². The zero-order valence-corrected chi connectivity index (χ0v) is 14.5. The maximum absolute atomic E-state index is 11.8. The highest BCUT2D eigenvalue weighted by molar-refractivity contribution is 5.66. The van der Waals surface area contributed by atoms with E-state index < -0.39 is 18.2 Å². The molecule has 25 heavy (non-hydrogen) atoms. The molecule has 4 heteroatoms. The van der Waals surface area contributed by atoms with Crippen LogP contribution in [-0.2, 0) is 0 Å². The molecule has 1 saturated heterocycles. The molecule has 0 aromatic heterocycles. The van der Waals surface area contributed by atoms with Crippen molar-refractivity contribution in [3.8, 4) is 0 Å². The summed E-state index contributed by atoms with van der Waals surface area (Å²) in [5, 5.41) is 20.9. The molecule has 0 saturated carbocycles. The van der Waals surface area contributed by atoms with Crippen LogP contribution in [0.1, 0.15) is 43.2 Å². The van der Waals surface area contributed by atoms with Crippen LogP contribution in [0.4, 0.5) is 4.79 Å². The highest BCUT2D eigenvalue weighted by Crippen LogP contribution is 2.35. The van der Waals surface area contributed by atoms with Gasteiger partial charge in [0, 0.05) is 12.0 Å². The van der Waals surface area contributed by atoms with Crippen molar-refractivity contribution >= 4 is 6.09 Å². The van der Waals surface area contributed by atoms with Gasteiger partial charge in [0.2, 0.25) is 0 Å². The predicted octanol–water partition coefficient (Wildman–Crippen LogP) is 4.10. The van der Waals surface area contributed by atoms with Crippen LogP contribution in [0, 0.1) is 0 Å². The summed E-state index contributed by atoms with van der Waals surface area (Å²) in [4.78, 5) is 13.2. The van der Waals surface area contributed by atoms with E-state index in [-0.39, 0.29) is 12.0 Å². The lowest BCUT2D eigenvalue weighted by Crippen LogP contribution is -2.54. The van der Waals surface area contributed by atoms with Gasteiger partial charge >= 0.3 is 6.09 Å². The molecule has 1 amide bonds. The van der Waals surface area contributed by atoms with Crippen molar-refractivity contribution in [3.05, 3.63) is 71.8 Å². The Kier molecular flexibility index (Phi) is 5.39. The first-order chi connectivity index (χ1) is 12.1. The van der Waals surface area contributed by atoms with Gasteiger partial charge in [-0.1, -0.05) is 60.7 Å². The van der Waals surface area contributed by atoms with Crippen molar-refractivity contribution in [2.24, 2.45) is 0 Å². The quantitative estimate of drug-likeness (QED) is 0.881. The molecule has 0 aliphatic carbocycles. The van der Waals surface area contributed by atoms with E-state index in [1.807, 2.05) is 67.6 Å². The van der Waals surface area contributed by atoms with Gasteiger partial charge in [0.05, 0.1) is 12.1 Å². The van der Waals surface area contributed by atoms with E-state index in [0.29, 0.717) is 6.42 Å². The first kappa shape index (κ1) is 17.5. The Labute approximate surface area is 148 Å². The topological polar surface area (TPSA) is 60.8 Å². The van der Waals surface area contributed by atoms with Gasteiger partial charge in [-0.2, -0.15) is 0 Å². The normalized spacial score (nSPS) is 22.0. The number of hydrogen-bond acceptors (Lipinski definition) is 2. The summed E-state index contributed by atoms with van der Waals surface area (Å²) in [6, 6.07) is 19.2. The molecular weight excluding hydrogens is 314 g/mol. The highest BCUT2D eigenvalue weighted by Gasteiger charge is 2.40. The highest BCUT2D eigenvalue weighted by atomic mass is 16.4. The van der Waals surface area contributed by atoms with Gasteiger partial charge < -0.3 is 15.1 Å². The van der Waals surface area contributed by atoms with Crippen LogP contribution in [0.25, 0.3) is 0 Å². The number of piperidine rings is 1. The summed E-state index contributed by atoms with van der Waals surface area (Å²) in [5.74, 6) is -0.250. The largest absolute Gasteiger partial charge is 0.465 e. The number of aliphatic hydroxyl groups excluding tert-OH is 1. The first-order valence-electron chi connectivity index (χ1n) is 8.89. The van der Waals surface area contributed by atoms with Gasteiger partial charge in [-0.3, -0.25) is 0 Å². The van der Waals surface area contributed by atoms with E-state index in [1.165, 1.54) is 4.90 Å². The summed E-state index contributed by atoms with van der Waals surface area (Å²) in [6.07, 6.45) is 0.730. The van der Waals surface area contributed by atoms with Crippen molar-refractivity contribution in [2.75, 3.05) is 0 Å². The lowest BCUT2D eigenvalue weighted by atomic mass is 9.80. The zero-order valence-electron chi connectivity index (χ0n) is 14.5. The van der Waals surface area contributed by atoms with Crippen LogP contribution in [0.5, 0.6) is 0 Å². The SMILES string of the molecule is CC1CCCC(C(O)C(c2ccccc2)c2ccccc2)N1C(=O)O. The molecule has 1 heterocycles. The van der Waals surface area contributed by atoms with Crippen molar-refractivity contribution in [1.82, 2.24) is 4.90 Å². The Hall–Kier alpha value is -2.33. The van der Waals surface area contributed by atoms with Crippen LogP contribution < -0.4 is 0 Å². The smallest absolute Gasteiger partial charge is 0.407 e. The second kappa shape index (κ2) is 7.70. The van der Waals surface area contributed by atoms with Crippen LogP contribution in [0.2, 0.25) is 0 Å². The van der Waals surface area contributed by atoms with Crippen LogP contribution >= 0.6 is 0 Å². The maximum Gasteiger partial charge on any atom is 0.407 e. The number of aliphatic hydroxyl groups is 1. The number of carboxylic acid groups (broad SMARTS) is 1. The molecule has 0 radical (unpaired) electrons. The third-order valence-electron chi connectivity index (χ3n) is 5.23. The average molecular weight is 339 g/mol. The minimum Gasteiger partial charge on any atom is -0.465 e. The Morgan fingerprint density at radius 1 is 1.00 bits per heavy atom. The minimum absolute atomic E-state index is 0.0712. The summed E-state index contributed by atoms with van der Waals surface area (Å²) >= 11 is 0. The number of benzene rings is 2. The Morgan fingerprint density at radius 3 is 2.00 bits per heavy atom. The van der Waals surface area contributed by atoms with Gasteiger partial charge in [0.15, 0.2) is 0 Å². The van der Waals surface area contributed by atoms with Gasteiger partial charge in [-0.05, 0) is 37.3 Å². The summed E-state index contributed by atoms with van der Waals surface area (Å²) < 4.78 is 0. The molecule has 3 unspecified atom stereocenters. The molecular formula is C21H25NO3.